The van der Waals surface area contributed by atoms with E-state index in [0.717, 1.165) is 0 Å². The van der Waals surface area contributed by atoms with Crippen LogP contribution in [0.5, 0.6) is 0 Å². The van der Waals surface area contributed by atoms with E-state index < -0.39 is 0 Å². The van der Waals surface area contributed by atoms with Crippen LogP contribution in [0, 0.1) is 0 Å². The van der Waals surface area contributed by atoms with E-state index in [1.54, 1.807) is 22.8 Å². The number of ketones is 1. The molecular weight excluding hydrogens is 384 g/mol. The Hall–Kier alpha value is -0.650. The number of aromatic nitrogens is 1. The molecule has 2 aromatic rings. The minimum atomic E-state index is -0.100. The van der Waals surface area contributed by atoms with Crippen LogP contribution >= 0.6 is 23.2 Å². The molecule has 2 nitrogen and oxygen atoms in total. The van der Waals surface area contributed by atoms with E-state index in [4.69, 9.17) is 23.2 Å². The molecule has 1 heterocycles. The summed E-state index contributed by atoms with van der Waals surface area (Å²) in [5.74, 6) is -0.100. The van der Waals surface area contributed by atoms with Gasteiger partial charge in [-0.25, -0.2) is 0 Å². The second-order valence-corrected chi connectivity index (χ2v) is 4.38. The molecule has 0 aliphatic rings. The van der Waals surface area contributed by atoms with Crippen molar-refractivity contribution >= 4 is 29.0 Å². The number of hydrogen-bond donors (Lipinski definition) is 0. The van der Waals surface area contributed by atoms with Crippen molar-refractivity contribution in [2.24, 2.45) is 0 Å². The molecule has 1 aromatic heterocycles. The molecular formula is C13H10Cl2INO. The number of nitrogens with zero attached hydrogens (tertiary/aromatic N) is 1. The third-order valence-corrected chi connectivity index (χ3v) is 2.98. The Morgan fingerprint density at radius 2 is 1.56 bits per heavy atom. The average Bonchev–Trinajstić information content (AvgIpc) is 2.30. The molecule has 0 amide bonds. The van der Waals surface area contributed by atoms with Crippen molar-refractivity contribution in [2.75, 3.05) is 0 Å². The Kier molecular flexibility index (Phi) is 6.05. The van der Waals surface area contributed by atoms with Crippen molar-refractivity contribution in [3.63, 3.8) is 0 Å². The molecule has 5 heteroatoms. The van der Waals surface area contributed by atoms with Crippen LogP contribution in [0.1, 0.15) is 10.4 Å². The molecule has 18 heavy (non-hydrogen) atoms. The van der Waals surface area contributed by atoms with Crippen molar-refractivity contribution < 1.29 is 33.3 Å². The molecule has 0 radical (unpaired) electrons. The van der Waals surface area contributed by atoms with E-state index in [0.29, 0.717) is 15.6 Å². The standard InChI is InChI=1S/C13H10Cl2NO.HI/c14-10-5-4-6-11(15)13(10)12(17)9-16-7-2-1-3-8-16;/h1-8H,9H2;1H/q+1;/p-1. The van der Waals surface area contributed by atoms with Crippen LogP contribution in [0.2, 0.25) is 10.0 Å². The Labute approximate surface area is 133 Å². The summed E-state index contributed by atoms with van der Waals surface area (Å²) >= 11 is 12.0. The smallest absolute Gasteiger partial charge is 0.230 e. The predicted molar refractivity (Wildman–Crippen MR) is 67.4 cm³/mol. The lowest BCUT2D eigenvalue weighted by atomic mass is 10.1. The number of rotatable bonds is 3. The van der Waals surface area contributed by atoms with Crippen molar-refractivity contribution in [1.29, 1.82) is 0 Å². The largest absolute Gasteiger partial charge is 1.00 e. The zero-order valence-corrected chi connectivity index (χ0v) is 13.0. The molecule has 0 aliphatic heterocycles. The van der Waals surface area contributed by atoms with Gasteiger partial charge < -0.3 is 24.0 Å². The summed E-state index contributed by atoms with van der Waals surface area (Å²) in [6.45, 7) is 0.226. The number of carbonyl (C=O) groups excluding carboxylic acids is 1. The molecule has 0 N–H and O–H groups in total. The van der Waals surface area contributed by atoms with Gasteiger partial charge in [-0.1, -0.05) is 35.3 Å². The SMILES string of the molecule is O=C(C[n+]1ccccc1)c1c(Cl)cccc1Cl.[I-]. The first kappa shape index (κ1) is 15.4. The van der Waals surface area contributed by atoms with Crippen LogP contribution in [0.3, 0.4) is 0 Å². The lowest BCUT2D eigenvalue weighted by Gasteiger charge is -2.03. The van der Waals surface area contributed by atoms with Crippen LogP contribution in [0.15, 0.2) is 48.8 Å². The summed E-state index contributed by atoms with van der Waals surface area (Å²) in [5, 5.41) is 0.776. The second-order valence-electron chi connectivity index (χ2n) is 3.57. The first-order valence-corrected chi connectivity index (χ1v) is 5.85. The van der Waals surface area contributed by atoms with Gasteiger partial charge >= 0.3 is 0 Å². The van der Waals surface area contributed by atoms with Gasteiger partial charge in [0.05, 0.1) is 15.6 Å². The maximum atomic E-state index is 12.1. The average molecular weight is 394 g/mol. The maximum Gasteiger partial charge on any atom is 0.230 e. The fraction of sp³-hybridized carbons (Fsp3) is 0.0769. The van der Waals surface area contributed by atoms with Gasteiger partial charge in [0, 0.05) is 12.1 Å². The van der Waals surface area contributed by atoms with Gasteiger partial charge in [-0.05, 0) is 12.1 Å². The van der Waals surface area contributed by atoms with Gasteiger partial charge in [0.25, 0.3) is 0 Å². The van der Waals surface area contributed by atoms with Gasteiger partial charge in [-0.15, -0.1) is 0 Å². The molecule has 0 atom stereocenters. The van der Waals surface area contributed by atoms with Crippen molar-refractivity contribution in [3.05, 3.63) is 64.4 Å². The van der Waals surface area contributed by atoms with E-state index in [-0.39, 0.29) is 36.3 Å². The highest BCUT2D eigenvalue weighted by atomic mass is 127. The fourth-order valence-electron chi connectivity index (χ4n) is 1.55. The summed E-state index contributed by atoms with van der Waals surface area (Å²) in [4.78, 5) is 12.1. The molecule has 1 aromatic carbocycles. The predicted octanol–water partition coefficient (Wildman–Crippen LogP) is 0.168. The van der Waals surface area contributed by atoms with E-state index in [1.807, 2.05) is 30.6 Å². The lowest BCUT2D eigenvalue weighted by Crippen LogP contribution is -3.00. The van der Waals surface area contributed by atoms with Crippen LogP contribution in [-0.2, 0) is 6.54 Å². The third kappa shape index (κ3) is 3.67. The summed E-state index contributed by atoms with van der Waals surface area (Å²) in [6, 6.07) is 10.7. The van der Waals surface area contributed by atoms with Gasteiger partial charge in [0.2, 0.25) is 12.3 Å². The minimum absolute atomic E-state index is 0. The van der Waals surface area contributed by atoms with Gasteiger partial charge in [-0.3, -0.25) is 4.79 Å². The molecule has 0 fully saturated rings. The van der Waals surface area contributed by atoms with Gasteiger partial charge in [0.15, 0.2) is 12.4 Å². The number of hydrogen-bond acceptors (Lipinski definition) is 1. The third-order valence-electron chi connectivity index (χ3n) is 2.35. The van der Waals surface area contributed by atoms with Gasteiger partial charge in [0.1, 0.15) is 0 Å². The Morgan fingerprint density at radius 1 is 1.00 bits per heavy atom. The summed E-state index contributed by atoms with van der Waals surface area (Å²) in [7, 11) is 0. The second kappa shape index (κ2) is 7.07. The number of pyridine rings is 1. The molecule has 0 saturated heterocycles. The van der Waals surface area contributed by atoms with E-state index in [1.165, 1.54) is 0 Å². The quantitative estimate of drug-likeness (QED) is 0.413. The summed E-state index contributed by atoms with van der Waals surface area (Å²) in [5.41, 5.74) is 0.382. The normalized spacial score (nSPS) is 9.67. The molecule has 94 valence electrons. The molecule has 0 bridgehead atoms. The Bertz CT molecular complexity index is 526. The first-order valence-electron chi connectivity index (χ1n) is 5.10. The topological polar surface area (TPSA) is 20.9 Å². The number of Topliss-reactive ketones (excluding diaryl/α,β-unsaturated/α-hetero) is 1. The highest BCUT2D eigenvalue weighted by molar-refractivity contribution is 6.39. The molecule has 0 unspecified atom stereocenters. The van der Waals surface area contributed by atoms with Crippen LogP contribution in [0.25, 0.3) is 0 Å². The number of carbonyl (C=O) groups is 1. The Balaban J connectivity index is 0.00000162. The zero-order valence-electron chi connectivity index (χ0n) is 9.32. The maximum absolute atomic E-state index is 12.1. The molecule has 0 aliphatic carbocycles. The van der Waals surface area contributed by atoms with Crippen LogP contribution in [-0.4, -0.2) is 5.78 Å². The van der Waals surface area contributed by atoms with Crippen molar-refractivity contribution in [3.8, 4) is 0 Å². The summed E-state index contributed by atoms with van der Waals surface area (Å²) < 4.78 is 1.78. The highest BCUT2D eigenvalue weighted by Crippen LogP contribution is 2.24. The zero-order chi connectivity index (χ0) is 12.3. The van der Waals surface area contributed by atoms with Crippen LogP contribution < -0.4 is 28.5 Å². The van der Waals surface area contributed by atoms with Gasteiger partial charge in [-0.2, -0.15) is 4.57 Å². The minimum Gasteiger partial charge on any atom is -1.00 e. The molecule has 0 saturated carbocycles. The van der Waals surface area contributed by atoms with Crippen molar-refractivity contribution in [2.45, 2.75) is 6.54 Å². The van der Waals surface area contributed by atoms with E-state index >= 15 is 0 Å². The number of benzene rings is 1. The highest BCUT2D eigenvalue weighted by Gasteiger charge is 2.17. The van der Waals surface area contributed by atoms with E-state index in [2.05, 4.69) is 0 Å². The van der Waals surface area contributed by atoms with E-state index in [9.17, 15) is 4.79 Å². The van der Waals surface area contributed by atoms with Crippen molar-refractivity contribution in [1.82, 2.24) is 0 Å². The first-order chi connectivity index (χ1) is 8.18. The summed E-state index contributed by atoms with van der Waals surface area (Å²) in [6.07, 6.45) is 3.64. The monoisotopic (exact) mass is 393 g/mol. The molecule has 0 spiro atoms. The molecule has 2 rings (SSSR count). The fourth-order valence-corrected chi connectivity index (χ4v) is 2.16. The number of halogens is 3. The Morgan fingerprint density at radius 3 is 2.11 bits per heavy atom. The lowest BCUT2D eigenvalue weighted by molar-refractivity contribution is -0.683. The van der Waals surface area contributed by atoms with Crippen LogP contribution in [0.4, 0.5) is 0 Å².